The molecule has 118 valence electrons. The van der Waals surface area contributed by atoms with Crippen molar-refractivity contribution in [2.75, 3.05) is 25.9 Å². The van der Waals surface area contributed by atoms with Gasteiger partial charge in [0.2, 0.25) is 5.91 Å². The number of nitrogens with one attached hydrogen (secondary N) is 1. The molecule has 0 aromatic carbocycles. The zero-order valence-corrected chi connectivity index (χ0v) is 13.6. The number of nitrogens with zero attached hydrogens (tertiary/aromatic N) is 1. The molecule has 0 spiro atoms. The maximum absolute atomic E-state index is 12.2. The Kier molecular flexibility index (Phi) is 6.75. The molecule has 1 N–H and O–H groups in total. The van der Waals surface area contributed by atoms with Crippen molar-refractivity contribution in [3.63, 3.8) is 0 Å². The van der Waals surface area contributed by atoms with Crippen molar-refractivity contribution in [1.82, 2.24) is 10.2 Å². The summed E-state index contributed by atoms with van der Waals surface area (Å²) in [6.45, 7) is 1.33. The van der Waals surface area contributed by atoms with Gasteiger partial charge in [-0.2, -0.15) is 0 Å². The van der Waals surface area contributed by atoms with Gasteiger partial charge in [0, 0.05) is 19.1 Å². The van der Waals surface area contributed by atoms with Crippen LogP contribution in [0.5, 0.6) is 0 Å². The summed E-state index contributed by atoms with van der Waals surface area (Å²) >= 11 is 0. The molecule has 1 amide bonds. The van der Waals surface area contributed by atoms with Gasteiger partial charge in [-0.05, 0) is 32.7 Å². The van der Waals surface area contributed by atoms with Gasteiger partial charge in [0.15, 0.2) is 9.84 Å². The number of amides is 1. The van der Waals surface area contributed by atoms with E-state index in [4.69, 9.17) is 0 Å². The fraction of sp³-hybridized carbons (Fsp3) is 0.923. The summed E-state index contributed by atoms with van der Waals surface area (Å²) in [4.78, 5) is 13.9. The summed E-state index contributed by atoms with van der Waals surface area (Å²) in [5.74, 6) is -0.513. The summed E-state index contributed by atoms with van der Waals surface area (Å²) in [5.41, 5.74) is 0. The number of hydrogen-bond acceptors (Lipinski definition) is 4. The van der Waals surface area contributed by atoms with E-state index in [1.807, 2.05) is 7.05 Å². The fourth-order valence-electron chi connectivity index (χ4n) is 3.07. The van der Waals surface area contributed by atoms with Gasteiger partial charge in [-0.15, -0.1) is 12.4 Å². The SMILES string of the molecule is CNC1CCCN(C(=O)CS(=O)(=O)C2CCCC2)C1.Cl. The Balaban J connectivity index is 0.00000200. The molecular formula is C13H25ClN2O3S. The topological polar surface area (TPSA) is 66.5 Å². The highest BCUT2D eigenvalue weighted by Gasteiger charge is 2.33. The average Bonchev–Trinajstić information content (AvgIpc) is 2.93. The molecule has 1 heterocycles. The smallest absolute Gasteiger partial charge is 0.237 e. The van der Waals surface area contributed by atoms with Crippen LogP contribution in [0.25, 0.3) is 0 Å². The van der Waals surface area contributed by atoms with Crippen molar-refractivity contribution in [2.24, 2.45) is 0 Å². The Morgan fingerprint density at radius 2 is 1.85 bits per heavy atom. The lowest BCUT2D eigenvalue weighted by molar-refractivity contribution is -0.129. The third kappa shape index (κ3) is 4.33. The Hall–Kier alpha value is -0.330. The first-order chi connectivity index (χ1) is 9.03. The number of sulfone groups is 1. The highest BCUT2D eigenvalue weighted by Crippen LogP contribution is 2.25. The van der Waals surface area contributed by atoms with Crippen LogP contribution in [-0.4, -0.2) is 56.4 Å². The van der Waals surface area contributed by atoms with E-state index in [9.17, 15) is 13.2 Å². The van der Waals surface area contributed by atoms with Crippen LogP contribution < -0.4 is 5.32 Å². The van der Waals surface area contributed by atoms with Crippen molar-refractivity contribution in [2.45, 2.75) is 49.8 Å². The van der Waals surface area contributed by atoms with Gasteiger partial charge in [-0.1, -0.05) is 12.8 Å². The lowest BCUT2D eigenvalue weighted by Crippen LogP contribution is -2.49. The van der Waals surface area contributed by atoms with Crippen LogP contribution in [0.4, 0.5) is 0 Å². The molecule has 0 aromatic heterocycles. The predicted octanol–water partition coefficient (Wildman–Crippen LogP) is 0.976. The molecule has 1 aliphatic carbocycles. The third-order valence-corrected chi connectivity index (χ3v) is 6.45. The van der Waals surface area contributed by atoms with E-state index in [0.717, 1.165) is 38.5 Å². The van der Waals surface area contributed by atoms with Crippen LogP contribution >= 0.6 is 12.4 Å². The number of piperidine rings is 1. The van der Waals surface area contributed by atoms with Gasteiger partial charge >= 0.3 is 0 Å². The Bertz CT molecular complexity index is 421. The molecule has 2 aliphatic rings. The van der Waals surface area contributed by atoms with Gasteiger partial charge < -0.3 is 10.2 Å². The minimum atomic E-state index is -3.24. The lowest BCUT2D eigenvalue weighted by atomic mass is 10.1. The fourth-order valence-corrected chi connectivity index (χ4v) is 4.88. The highest BCUT2D eigenvalue weighted by atomic mass is 35.5. The van der Waals surface area contributed by atoms with Gasteiger partial charge in [0.25, 0.3) is 0 Å². The first-order valence-corrected chi connectivity index (χ1v) is 8.91. The second kappa shape index (κ2) is 7.61. The second-order valence-corrected chi connectivity index (χ2v) is 7.96. The second-order valence-electron chi connectivity index (χ2n) is 5.68. The van der Waals surface area contributed by atoms with Crippen molar-refractivity contribution in [3.05, 3.63) is 0 Å². The van der Waals surface area contributed by atoms with E-state index in [0.29, 0.717) is 19.1 Å². The van der Waals surface area contributed by atoms with Crippen molar-refractivity contribution >= 4 is 28.2 Å². The molecule has 0 bridgehead atoms. The molecule has 1 saturated heterocycles. The molecule has 0 radical (unpaired) electrons. The lowest BCUT2D eigenvalue weighted by Gasteiger charge is -2.32. The third-order valence-electron chi connectivity index (χ3n) is 4.32. The Labute approximate surface area is 127 Å². The minimum absolute atomic E-state index is 0. The summed E-state index contributed by atoms with van der Waals surface area (Å²) in [7, 11) is -1.36. The zero-order chi connectivity index (χ0) is 13.9. The van der Waals surface area contributed by atoms with E-state index >= 15 is 0 Å². The van der Waals surface area contributed by atoms with Gasteiger partial charge in [0.05, 0.1) is 5.25 Å². The van der Waals surface area contributed by atoms with E-state index in [1.54, 1.807) is 4.90 Å². The normalized spacial score (nSPS) is 24.4. The summed E-state index contributed by atoms with van der Waals surface area (Å²) in [6.07, 6.45) is 5.41. The highest BCUT2D eigenvalue weighted by molar-refractivity contribution is 7.92. The maximum atomic E-state index is 12.2. The first kappa shape index (κ1) is 17.7. The largest absolute Gasteiger partial charge is 0.340 e. The number of rotatable bonds is 4. The molecule has 1 saturated carbocycles. The predicted molar refractivity (Wildman–Crippen MR) is 82.0 cm³/mol. The standard InChI is InChI=1S/C13H24N2O3S.ClH/c1-14-11-5-4-8-15(9-11)13(16)10-19(17,18)12-6-2-3-7-12;/h11-12,14H,2-10H2,1H3;1H. The summed E-state index contributed by atoms with van der Waals surface area (Å²) in [5, 5.41) is 2.89. The number of likely N-dealkylation sites (tertiary alicyclic amines) is 1. The van der Waals surface area contributed by atoms with Crippen molar-refractivity contribution in [3.8, 4) is 0 Å². The van der Waals surface area contributed by atoms with E-state index in [-0.39, 0.29) is 29.3 Å². The van der Waals surface area contributed by atoms with E-state index < -0.39 is 9.84 Å². The quantitative estimate of drug-likeness (QED) is 0.837. The molecule has 5 nitrogen and oxygen atoms in total. The zero-order valence-electron chi connectivity index (χ0n) is 12.0. The number of carbonyl (C=O) groups is 1. The minimum Gasteiger partial charge on any atom is -0.340 e. The van der Waals surface area contributed by atoms with Crippen LogP contribution in [0.3, 0.4) is 0 Å². The monoisotopic (exact) mass is 324 g/mol. The van der Waals surface area contributed by atoms with Gasteiger partial charge in [-0.3, -0.25) is 4.79 Å². The number of carbonyl (C=O) groups excluding carboxylic acids is 1. The number of hydrogen-bond donors (Lipinski definition) is 1. The molecule has 1 unspecified atom stereocenters. The van der Waals surface area contributed by atoms with Crippen LogP contribution in [0.1, 0.15) is 38.5 Å². The molecular weight excluding hydrogens is 300 g/mol. The van der Waals surface area contributed by atoms with Gasteiger partial charge in [-0.25, -0.2) is 8.42 Å². The molecule has 1 atom stereocenters. The molecule has 2 rings (SSSR count). The molecule has 0 aromatic rings. The first-order valence-electron chi connectivity index (χ1n) is 7.19. The van der Waals surface area contributed by atoms with Gasteiger partial charge in [0.1, 0.15) is 5.75 Å². The van der Waals surface area contributed by atoms with Crippen LogP contribution in [0.2, 0.25) is 0 Å². The van der Waals surface area contributed by atoms with E-state index in [2.05, 4.69) is 5.32 Å². The van der Waals surface area contributed by atoms with Crippen molar-refractivity contribution in [1.29, 1.82) is 0 Å². The Morgan fingerprint density at radius 3 is 2.45 bits per heavy atom. The maximum Gasteiger partial charge on any atom is 0.237 e. The molecule has 7 heteroatoms. The molecule has 1 aliphatic heterocycles. The summed E-state index contributed by atoms with van der Waals surface area (Å²) in [6, 6.07) is 0.298. The van der Waals surface area contributed by atoms with Crippen LogP contribution in [0, 0.1) is 0 Å². The molecule has 2 fully saturated rings. The molecule has 20 heavy (non-hydrogen) atoms. The van der Waals surface area contributed by atoms with E-state index in [1.165, 1.54) is 0 Å². The van der Waals surface area contributed by atoms with Crippen LogP contribution in [-0.2, 0) is 14.6 Å². The van der Waals surface area contributed by atoms with Crippen molar-refractivity contribution < 1.29 is 13.2 Å². The summed E-state index contributed by atoms with van der Waals surface area (Å²) < 4.78 is 24.3. The average molecular weight is 325 g/mol. The number of halogens is 1. The van der Waals surface area contributed by atoms with Crippen LogP contribution in [0.15, 0.2) is 0 Å². The Morgan fingerprint density at radius 1 is 1.20 bits per heavy atom. The number of likely N-dealkylation sites (N-methyl/N-ethyl adjacent to an activating group) is 1.